The topological polar surface area (TPSA) is 49.3 Å². The van der Waals surface area contributed by atoms with Crippen LogP contribution in [0.15, 0.2) is 48.5 Å². The van der Waals surface area contributed by atoms with Gasteiger partial charge >= 0.3 is 0 Å². The van der Waals surface area contributed by atoms with Gasteiger partial charge in [0.2, 0.25) is 5.91 Å². The third-order valence-electron chi connectivity index (χ3n) is 2.76. The zero-order valence-corrected chi connectivity index (χ0v) is 11.3. The number of aliphatic hydroxyl groups excluding tert-OH is 1. The lowest BCUT2D eigenvalue weighted by Gasteiger charge is -2.07. The number of benzene rings is 2. The van der Waals surface area contributed by atoms with Crippen molar-refractivity contribution in [2.45, 2.75) is 6.42 Å². The van der Waals surface area contributed by atoms with Gasteiger partial charge in [-0.25, -0.2) is 4.39 Å². The number of halogens is 1. The Labute approximate surface area is 122 Å². The standard InChI is InChI=1S/C17H14FNO2/c18-15-11-14(7-4-10-20)8-9-16(15)19-17(21)12-13-5-2-1-3-6-13/h1-3,5-6,8-9,11,20H,10,12H2,(H,19,21). The molecule has 0 aromatic heterocycles. The van der Waals surface area contributed by atoms with E-state index >= 15 is 0 Å². The third kappa shape index (κ3) is 4.44. The Kier molecular flexibility index (Phi) is 5.08. The summed E-state index contributed by atoms with van der Waals surface area (Å²) in [6.45, 7) is -0.281. The molecule has 0 spiro atoms. The molecule has 2 aromatic carbocycles. The van der Waals surface area contributed by atoms with E-state index in [9.17, 15) is 9.18 Å². The molecule has 106 valence electrons. The molecule has 0 saturated heterocycles. The van der Waals surface area contributed by atoms with E-state index in [0.29, 0.717) is 5.56 Å². The summed E-state index contributed by atoms with van der Waals surface area (Å²) in [4.78, 5) is 11.9. The average molecular weight is 283 g/mol. The minimum Gasteiger partial charge on any atom is -0.384 e. The second-order valence-electron chi connectivity index (χ2n) is 4.37. The summed E-state index contributed by atoms with van der Waals surface area (Å²) in [6, 6.07) is 13.5. The lowest BCUT2D eigenvalue weighted by atomic mass is 10.1. The van der Waals surface area contributed by atoms with Crippen LogP contribution >= 0.6 is 0 Å². The molecule has 0 aliphatic rings. The molecule has 2 aromatic rings. The highest BCUT2D eigenvalue weighted by Crippen LogP contribution is 2.15. The number of hydrogen-bond acceptors (Lipinski definition) is 2. The smallest absolute Gasteiger partial charge is 0.228 e. The first-order valence-corrected chi connectivity index (χ1v) is 6.42. The van der Waals surface area contributed by atoms with Gasteiger partial charge in [0.15, 0.2) is 0 Å². The molecule has 0 unspecified atom stereocenters. The number of hydrogen-bond donors (Lipinski definition) is 2. The number of nitrogens with one attached hydrogen (secondary N) is 1. The van der Waals surface area contributed by atoms with Gasteiger partial charge in [-0.05, 0) is 23.8 Å². The zero-order valence-electron chi connectivity index (χ0n) is 11.3. The van der Waals surface area contributed by atoms with Crippen LogP contribution in [0, 0.1) is 17.7 Å². The van der Waals surface area contributed by atoms with E-state index in [-0.39, 0.29) is 24.6 Å². The molecular weight excluding hydrogens is 269 g/mol. The Bertz CT molecular complexity index is 687. The van der Waals surface area contributed by atoms with Crippen molar-refractivity contribution in [3.05, 3.63) is 65.5 Å². The Balaban J connectivity index is 2.04. The Morgan fingerprint density at radius 1 is 1.19 bits per heavy atom. The van der Waals surface area contributed by atoms with Crippen LogP contribution in [0.5, 0.6) is 0 Å². The second-order valence-corrected chi connectivity index (χ2v) is 4.37. The highest BCUT2D eigenvalue weighted by molar-refractivity contribution is 5.92. The van der Waals surface area contributed by atoms with Crippen LogP contribution in [0.4, 0.5) is 10.1 Å². The van der Waals surface area contributed by atoms with Gasteiger partial charge in [-0.3, -0.25) is 4.79 Å². The second kappa shape index (κ2) is 7.22. The van der Waals surface area contributed by atoms with Crippen LogP contribution in [0.1, 0.15) is 11.1 Å². The summed E-state index contributed by atoms with van der Waals surface area (Å²) in [5.41, 5.74) is 1.42. The Morgan fingerprint density at radius 3 is 2.62 bits per heavy atom. The van der Waals surface area contributed by atoms with E-state index in [4.69, 9.17) is 5.11 Å². The molecule has 0 radical (unpaired) electrons. The summed E-state index contributed by atoms with van der Waals surface area (Å²) in [7, 11) is 0. The van der Waals surface area contributed by atoms with E-state index in [1.165, 1.54) is 12.1 Å². The first-order valence-electron chi connectivity index (χ1n) is 6.42. The van der Waals surface area contributed by atoms with E-state index in [2.05, 4.69) is 17.2 Å². The van der Waals surface area contributed by atoms with Crippen molar-refractivity contribution in [2.75, 3.05) is 11.9 Å². The molecule has 2 N–H and O–H groups in total. The highest BCUT2D eigenvalue weighted by atomic mass is 19.1. The summed E-state index contributed by atoms with van der Waals surface area (Å²) in [5.74, 6) is 4.20. The molecule has 0 heterocycles. The normalized spacial score (nSPS) is 9.62. The molecule has 0 saturated carbocycles. The lowest BCUT2D eigenvalue weighted by molar-refractivity contribution is -0.115. The van der Waals surface area contributed by atoms with Gasteiger partial charge in [-0.2, -0.15) is 0 Å². The number of rotatable bonds is 3. The predicted octanol–water partition coefficient (Wildman–Crippen LogP) is 2.35. The van der Waals surface area contributed by atoms with E-state index < -0.39 is 5.82 Å². The largest absolute Gasteiger partial charge is 0.384 e. The van der Waals surface area contributed by atoms with Gasteiger partial charge in [0.25, 0.3) is 0 Å². The van der Waals surface area contributed by atoms with Gasteiger partial charge < -0.3 is 10.4 Å². The van der Waals surface area contributed by atoms with Gasteiger partial charge in [0.05, 0.1) is 12.1 Å². The van der Waals surface area contributed by atoms with Crippen molar-refractivity contribution in [3.63, 3.8) is 0 Å². The Morgan fingerprint density at radius 2 is 1.95 bits per heavy atom. The monoisotopic (exact) mass is 283 g/mol. The van der Waals surface area contributed by atoms with Crippen LogP contribution in [-0.4, -0.2) is 17.6 Å². The van der Waals surface area contributed by atoms with Crippen LogP contribution in [0.2, 0.25) is 0 Å². The van der Waals surface area contributed by atoms with Crippen molar-refractivity contribution in [1.82, 2.24) is 0 Å². The van der Waals surface area contributed by atoms with Gasteiger partial charge in [0, 0.05) is 5.56 Å². The van der Waals surface area contributed by atoms with Gasteiger partial charge in [0.1, 0.15) is 12.4 Å². The first kappa shape index (κ1) is 14.8. The summed E-state index contributed by atoms with van der Waals surface area (Å²) in [6.07, 6.45) is 0.187. The Hall–Kier alpha value is -2.64. The van der Waals surface area contributed by atoms with Gasteiger partial charge in [-0.15, -0.1) is 0 Å². The lowest BCUT2D eigenvalue weighted by Crippen LogP contribution is -2.15. The quantitative estimate of drug-likeness (QED) is 0.850. The van der Waals surface area contributed by atoms with Crippen molar-refractivity contribution in [1.29, 1.82) is 0 Å². The van der Waals surface area contributed by atoms with Crippen LogP contribution in [0.25, 0.3) is 0 Å². The van der Waals surface area contributed by atoms with Gasteiger partial charge in [-0.1, -0.05) is 42.2 Å². The summed E-state index contributed by atoms with van der Waals surface area (Å²) in [5, 5.41) is 11.1. The fourth-order valence-corrected chi connectivity index (χ4v) is 1.81. The van der Waals surface area contributed by atoms with Crippen molar-refractivity contribution in [2.24, 2.45) is 0 Å². The van der Waals surface area contributed by atoms with Crippen molar-refractivity contribution in [3.8, 4) is 11.8 Å². The van der Waals surface area contributed by atoms with Crippen LogP contribution in [-0.2, 0) is 11.2 Å². The minimum absolute atomic E-state index is 0.116. The first-order chi connectivity index (χ1) is 10.2. The number of carbonyl (C=O) groups is 1. The van der Waals surface area contributed by atoms with Crippen LogP contribution < -0.4 is 5.32 Å². The molecule has 0 aliphatic carbocycles. The molecule has 0 bridgehead atoms. The zero-order chi connectivity index (χ0) is 15.1. The van der Waals surface area contributed by atoms with Crippen LogP contribution in [0.3, 0.4) is 0 Å². The van der Waals surface area contributed by atoms with E-state index in [1.54, 1.807) is 6.07 Å². The maximum atomic E-state index is 13.8. The molecule has 1 amide bonds. The van der Waals surface area contributed by atoms with Crippen molar-refractivity contribution < 1.29 is 14.3 Å². The molecule has 3 nitrogen and oxygen atoms in total. The van der Waals surface area contributed by atoms with E-state index in [0.717, 1.165) is 5.56 Å². The molecule has 21 heavy (non-hydrogen) atoms. The van der Waals surface area contributed by atoms with E-state index in [1.807, 2.05) is 30.3 Å². The molecule has 0 atom stereocenters. The fourth-order valence-electron chi connectivity index (χ4n) is 1.81. The number of carbonyl (C=O) groups excluding carboxylic acids is 1. The average Bonchev–Trinajstić information content (AvgIpc) is 2.48. The number of anilines is 1. The summed E-state index contributed by atoms with van der Waals surface area (Å²) < 4.78 is 13.8. The number of amides is 1. The highest BCUT2D eigenvalue weighted by Gasteiger charge is 2.08. The fraction of sp³-hybridized carbons (Fsp3) is 0.118. The molecule has 2 rings (SSSR count). The maximum Gasteiger partial charge on any atom is 0.228 e. The minimum atomic E-state index is -0.554. The SMILES string of the molecule is O=C(Cc1ccccc1)Nc1ccc(C#CCO)cc1F. The maximum absolute atomic E-state index is 13.8. The molecule has 0 aliphatic heterocycles. The third-order valence-corrected chi connectivity index (χ3v) is 2.76. The molecule has 4 heteroatoms. The number of aliphatic hydroxyl groups is 1. The predicted molar refractivity (Wildman–Crippen MR) is 79.1 cm³/mol. The molecular formula is C17H14FNO2. The summed E-state index contributed by atoms with van der Waals surface area (Å²) >= 11 is 0. The van der Waals surface area contributed by atoms with Crippen molar-refractivity contribution >= 4 is 11.6 Å². The molecule has 0 fully saturated rings.